The van der Waals surface area contributed by atoms with Crippen molar-refractivity contribution < 1.29 is 9.90 Å². The van der Waals surface area contributed by atoms with Crippen molar-refractivity contribution in [2.75, 3.05) is 13.1 Å². The van der Waals surface area contributed by atoms with E-state index >= 15 is 0 Å². The van der Waals surface area contributed by atoms with Crippen LogP contribution in [0.25, 0.3) is 0 Å². The molecule has 0 spiro atoms. The maximum Gasteiger partial charge on any atom is 0.300 e. The lowest BCUT2D eigenvalue weighted by Gasteiger charge is -2.23. The molecule has 1 saturated heterocycles. The van der Waals surface area contributed by atoms with Crippen LogP contribution in [0.15, 0.2) is 0 Å². The first kappa shape index (κ1) is 18.4. The van der Waals surface area contributed by atoms with Crippen molar-refractivity contribution in [3.05, 3.63) is 0 Å². The third-order valence-corrected chi connectivity index (χ3v) is 3.67. The molecule has 0 aromatic carbocycles. The van der Waals surface area contributed by atoms with Gasteiger partial charge in [-0.3, -0.25) is 4.79 Å². The van der Waals surface area contributed by atoms with Crippen LogP contribution in [-0.4, -0.2) is 35.1 Å². The number of rotatable bonds is 8. The highest BCUT2D eigenvalue weighted by Crippen LogP contribution is 2.21. The molecule has 0 saturated carbocycles. The Kier molecular flexibility index (Phi) is 12.1. The predicted molar refractivity (Wildman–Crippen MR) is 81.6 cm³/mol. The van der Waals surface area contributed by atoms with Gasteiger partial charge in [0.1, 0.15) is 0 Å². The van der Waals surface area contributed by atoms with E-state index in [4.69, 9.17) is 9.90 Å². The van der Waals surface area contributed by atoms with E-state index in [0.29, 0.717) is 0 Å². The van der Waals surface area contributed by atoms with Crippen LogP contribution in [0, 0.1) is 0 Å². The quantitative estimate of drug-likeness (QED) is 0.669. The SMILES string of the molecule is CC(=O)O.CCCCCCCN1CCCC1CCC. The van der Waals surface area contributed by atoms with Crippen LogP contribution < -0.4 is 0 Å². The topological polar surface area (TPSA) is 40.5 Å². The highest BCUT2D eigenvalue weighted by Gasteiger charge is 2.22. The van der Waals surface area contributed by atoms with Gasteiger partial charge in [0.15, 0.2) is 0 Å². The van der Waals surface area contributed by atoms with Gasteiger partial charge in [0.2, 0.25) is 0 Å². The maximum atomic E-state index is 9.00. The second-order valence-corrected chi connectivity index (χ2v) is 5.55. The molecule has 0 aromatic rings. The second-order valence-electron chi connectivity index (χ2n) is 5.55. The number of unbranched alkanes of at least 4 members (excludes halogenated alkanes) is 4. The zero-order valence-corrected chi connectivity index (χ0v) is 13.2. The summed E-state index contributed by atoms with van der Waals surface area (Å²) in [7, 11) is 0. The monoisotopic (exact) mass is 271 g/mol. The van der Waals surface area contributed by atoms with Gasteiger partial charge in [-0.15, -0.1) is 0 Å². The van der Waals surface area contributed by atoms with Crippen LogP contribution >= 0.6 is 0 Å². The van der Waals surface area contributed by atoms with E-state index in [1.807, 2.05) is 0 Å². The molecule has 1 unspecified atom stereocenters. The summed E-state index contributed by atoms with van der Waals surface area (Å²) in [5.74, 6) is -0.833. The van der Waals surface area contributed by atoms with Gasteiger partial charge in [-0.1, -0.05) is 46.0 Å². The molecular weight excluding hydrogens is 238 g/mol. The average molecular weight is 271 g/mol. The Morgan fingerprint density at radius 3 is 2.37 bits per heavy atom. The predicted octanol–water partition coefficient (Wildman–Crippen LogP) is 4.31. The third-order valence-electron chi connectivity index (χ3n) is 3.67. The number of carboxylic acid groups (broad SMARTS) is 1. The van der Waals surface area contributed by atoms with E-state index < -0.39 is 5.97 Å². The average Bonchev–Trinajstić information content (AvgIpc) is 2.76. The van der Waals surface area contributed by atoms with Crippen molar-refractivity contribution in [3.8, 4) is 0 Å². The Balaban J connectivity index is 0.000000711. The fraction of sp³-hybridized carbons (Fsp3) is 0.938. The molecule has 3 nitrogen and oxygen atoms in total. The van der Waals surface area contributed by atoms with Crippen LogP contribution in [0.1, 0.15) is 78.6 Å². The molecular formula is C16H33NO2. The van der Waals surface area contributed by atoms with Crippen LogP contribution in [0.2, 0.25) is 0 Å². The number of hydrogen-bond acceptors (Lipinski definition) is 2. The molecule has 1 fully saturated rings. The zero-order valence-electron chi connectivity index (χ0n) is 13.2. The van der Waals surface area contributed by atoms with Crippen LogP contribution in [-0.2, 0) is 4.79 Å². The number of carbonyl (C=O) groups is 1. The van der Waals surface area contributed by atoms with Crippen molar-refractivity contribution in [2.24, 2.45) is 0 Å². The lowest BCUT2D eigenvalue weighted by atomic mass is 10.1. The van der Waals surface area contributed by atoms with E-state index in [9.17, 15) is 0 Å². The molecule has 0 aromatic heterocycles. The van der Waals surface area contributed by atoms with Crippen molar-refractivity contribution in [2.45, 2.75) is 84.6 Å². The molecule has 19 heavy (non-hydrogen) atoms. The highest BCUT2D eigenvalue weighted by molar-refractivity contribution is 5.62. The highest BCUT2D eigenvalue weighted by atomic mass is 16.4. The minimum absolute atomic E-state index is 0.833. The van der Waals surface area contributed by atoms with E-state index in [1.165, 1.54) is 70.9 Å². The Hall–Kier alpha value is -0.570. The van der Waals surface area contributed by atoms with E-state index in [1.54, 1.807) is 0 Å². The first-order valence-corrected chi connectivity index (χ1v) is 8.05. The minimum atomic E-state index is -0.833. The van der Waals surface area contributed by atoms with Crippen LogP contribution in [0.3, 0.4) is 0 Å². The maximum absolute atomic E-state index is 9.00. The number of likely N-dealkylation sites (tertiary alicyclic amines) is 1. The Bertz CT molecular complexity index is 215. The lowest BCUT2D eigenvalue weighted by Crippen LogP contribution is -2.30. The molecule has 1 rings (SSSR count). The molecule has 0 bridgehead atoms. The Morgan fingerprint density at radius 1 is 1.16 bits per heavy atom. The lowest BCUT2D eigenvalue weighted by molar-refractivity contribution is -0.134. The molecule has 3 heteroatoms. The van der Waals surface area contributed by atoms with Gasteiger partial charge in [0, 0.05) is 13.0 Å². The van der Waals surface area contributed by atoms with Gasteiger partial charge in [-0.05, 0) is 38.8 Å². The molecule has 1 heterocycles. The fourth-order valence-electron chi connectivity index (χ4n) is 2.77. The third kappa shape index (κ3) is 11.0. The van der Waals surface area contributed by atoms with Gasteiger partial charge in [-0.25, -0.2) is 0 Å². The first-order valence-electron chi connectivity index (χ1n) is 8.05. The number of hydrogen-bond donors (Lipinski definition) is 1. The molecule has 0 radical (unpaired) electrons. The van der Waals surface area contributed by atoms with Gasteiger partial charge in [0.05, 0.1) is 0 Å². The van der Waals surface area contributed by atoms with E-state index in [0.717, 1.165) is 13.0 Å². The second kappa shape index (κ2) is 12.5. The van der Waals surface area contributed by atoms with Crippen molar-refractivity contribution in [1.29, 1.82) is 0 Å². The summed E-state index contributed by atoms with van der Waals surface area (Å²) < 4.78 is 0. The minimum Gasteiger partial charge on any atom is -0.481 e. The van der Waals surface area contributed by atoms with Crippen LogP contribution in [0.5, 0.6) is 0 Å². The standard InChI is InChI=1S/C14H29N.C2H4O2/c1-3-5-6-7-8-12-15-13-9-11-14(15)10-4-2;1-2(3)4/h14H,3-13H2,1-2H3;1H3,(H,3,4). The summed E-state index contributed by atoms with van der Waals surface area (Å²) in [6.45, 7) is 8.43. The van der Waals surface area contributed by atoms with Gasteiger partial charge < -0.3 is 10.0 Å². The van der Waals surface area contributed by atoms with E-state index in [2.05, 4.69) is 18.7 Å². The van der Waals surface area contributed by atoms with E-state index in [-0.39, 0.29) is 0 Å². The van der Waals surface area contributed by atoms with Crippen molar-refractivity contribution in [3.63, 3.8) is 0 Å². The largest absolute Gasteiger partial charge is 0.481 e. The van der Waals surface area contributed by atoms with Crippen molar-refractivity contribution in [1.82, 2.24) is 4.90 Å². The molecule has 0 aliphatic carbocycles. The first-order chi connectivity index (χ1) is 9.11. The summed E-state index contributed by atoms with van der Waals surface area (Å²) in [4.78, 5) is 11.7. The summed E-state index contributed by atoms with van der Waals surface area (Å²) in [6.07, 6.45) is 12.8. The number of aliphatic carboxylic acids is 1. The van der Waals surface area contributed by atoms with Crippen LogP contribution in [0.4, 0.5) is 0 Å². The zero-order chi connectivity index (χ0) is 14.5. The molecule has 1 aliphatic rings. The normalized spacial score (nSPS) is 19.0. The summed E-state index contributed by atoms with van der Waals surface area (Å²) in [5.41, 5.74) is 0. The Labute approximate surface area is 119 Å². The molecule has 114 valence electrons. The molecule has 0 amide bonds. The Morgan fingerprint density at radius 2 is 1.79 bits per heavy atom. The summed E-state index contributed by atoms with van der Waals surface area (Å²) in [6, 6.07) is 0.932. The molecule has 1 N–H and O–H groups in total. The van der Waals surface area contributed by atoms with Gasteiger partial charge >= 0.3 is 0 Å². The van der Waals surface area contributed by atoms with Gasteiger partial charge in [-0.2, -0.15) is 0 Å². The summed E-state index contributed by atoms with van der Waals surface area (Å²) >= 11 is 0. The number of carboxylic acids is 1. The van der Waals surface area contributed by atoms with Crippen molar-refractivity contribution >= 4 is 5.97 Å². The molecule has 1 atom stereocenters. The summed E-state index contributed by atoms with van der Waals surface area (Å²) in [5, 5.41) is 7.42. The van der Waals surface area contributed by atoms with Gasteiger partial charge in [0.25, 0.3) is 5.97 Å². The molecule has 1 aliphatic heterocycles. The smallest absolute Gasteiger partial charge is 0.300 e. The number of nitrogens with zero attached hydrogens (tertiary/aromatic N) is 1. The fourth-order valence-corrected chi connectivity index (χ4v) is 2.77.